The molecule has 176 valence electrons. The minimum absolute atomic E-state index is 0.107. The molecule has 0 bridgehead atoms. The van der Waals surface area contributed by atoms with Crippen LogP contribution in [0.5, 0.6) is 0 Å². The Balaban J connectivity index is 1.55. The molecule has 0 fully saturated rings. The van der Waals surface area contributed by atoms with E-state index in [1.165, 1.54) is 44.5 Å². The molecule has 2 aliphatic carbocycles. The molecule has 37 heavy (non-hydrogen) atoms. The van der Waals surface area contributed by atoms with Crippen LogP contribution in [0.15, 0.2) is 115 Å². The maximum absolute atomic E-state index is 9.37. The first-order chi connectivity index (χ1) is 18.0. The minimum Gasteiger partial charge on any atom is -0.355 e. The summed E-state index contributed by atoms with van der Waals surface area (Å²) in [6.45, 7) is 4.69. The second-order valence-electron chi connectivity index (χ2n) is 10.6. The highest BCUT2D eigenvalue weighted by Crippen LogP contribution is 2.62. The Labute approximate surface area is 217 Å². The molecule has 5 aromatic carbocycles. The van der Waals surface area contributed by atoms with Crippen molar-refractivity contribution >= 4 is 11.4 Å². The van der Waals surface area contributed by atoms with Gasteiger partial charge in [-0.2, -0.15) is 5.26 Å². The van der Waals surface area contributed by atoms with Crippen molar-refractivity contribution in [1.29, 1.82) is 5.26 Å². The highest BCUT2D eigenvalue weighted by Gasteiger charge is 2.53. The molecule has 0 saturated carbocycles. The fraction of sp³-hybridized carbons (Fsp3) is 0.114. The topological polar surface area (TPSA) is 35.8 Å². The van der Waals surface area contributed by atoms with Crippen molar-refractivity contribution < 1.29 is 0 Å². The normalized spacial score (nSPS) is 15.2. The molecule has 0 aromatic heterocycles. The van der Waals surface area contributed by atoms with Gasteiger partial charge in [0.05, 0.1) is 17.0 Å². The summed E-state index contributed by atoms with van der Waals surface area (Å²) in [6.07, 6.45) is 0. The standard InChI is InChI=1S/C35H26N2/c1-34(2)29-14-5-7-16-31(29)35(32-17-8-6-15-30(32)34)28-13-4-3-12-26(28)27-19-18-25(21-33(27)35)37-24-11-9-10-23(20-24)22-36/h3-21,37H,1-2H3. The van der Waals surface area contributed by atoms with Crippen LogP contribution in [0.4, 0.5) is 11.4 Å². The van der Waals surface area contributed by atoms with Gasteiger partial charge in [-0.3, -0.25) is 0 Å². The minimum atomic E-state index is -0.402. The molecule has 2 aliphatic rings. The highest BCUT2D eigenvalue weighted by atomic mass is 14.9. The zero-order chi connectivity index (χ0) is 25.2. The zero-order valence-electron chi connectivity index (χ0n) is 20.9. The fourth-order valence-corrected chi connectivity index (χ4v) is 6.77. The molecule has 5 aromatic rings. The molecule has 0 unspecified atom stereocenters. The summed E-state index contributed by atoms with van der Waals surface area (Å²) in [5.41, 5.74) is 12.7. The Morgan fingerprint density at radius 1 is 0.541 bits per heavy atom. The van der Waals surface area contributed by atoms with Crippen LogP contribution in [0.1, 0.15) is 52.8 Å². The van der Waals surface area contributed by atoms with Gasteiger partial charge in [-0.05, 0) is 74.8 Å². The molecule has 2 nitrogen and oxygen atoms in total. The third-order valence-electron chi connectivity index (χ3n) is 8.33. The smallest absolute Gasteiger partial charge is 0.0992 e. The van der Waals surface area contributed by atoms with Gasteiger partial charge in [-0.15, -0.1) is 0 Å². The van der Waals surface area contributed by atoms with Gasteiger partial charge in [0.25, 0.3) is 0 Å². The molecular formula is C35H26N2. The summed E-state index contributed by atoms with van der Waals surface area (Å²) in [4.78, 5) is 0. The SMILES string of the molecule is CC1(C)c2ccccc2C2(c3ccccc3-c3ccc(Nc4cccc(C#N)c4)cc32)c2ccccc21. The molecule has 1 spiro atoms. The third-order valence-corrected chi connectivity index (χ3v) is 8.33. The number of nitriles is 1. The average Bonchev–Trinajstić information content (AvgIpc) is 3.23. The molecule has 1 N–H and O–H groups in total. The number of rotatable bonds is 2. The number of nitrogens with one attached hydrogen (secondary N) is 1. The lowest BCUT2D eigenvalue weighted by atomic mass is 9.55. The predicted molar refractivity (Wildman–Crippen MR) is 150 cm³/mol. The van der Waals surface area contributed by atoms with E-state index in [9.17, 15) is 5.26 Å². The first kappa shape index (κ1) is 21.7. The van der Waals surface area contributed by atoms with Crippen molar-refractivity contribution in [3.05, 3.63) is 154 Å². The highest BCUT2D eigenvalue weighted by molar-refractivity contribution is 5.89. The lowest BCUT2D eigenvalue weighted by molar-refractivity contribution is 0.563. The maximum atomic E-state index is 9.37. The number of nitrogens with zero attached hydrogens (tertiary/aromatic N) is 1. The Hall–Kier alpha value is -4.61. The van der Waals surface area contributed by atoms with Crippen molar-refractivity contribution in [2.24, 2.45) is 0 Å². The number of anilines is 2. The largest absolute Gasteiger partial charge is 0.355 e. The predicted octanol–water partition coefficient (Wildman–Crippen LogP) is 8.30. The van der Waals surface area contributed by atoms with Gasteiger partial charge in [0.2, 0.25) is 0 Å². The van der Waals surface area contributed by atoms with E-state index in [1.807, 2.05) is 24.3 Å². The molecule has 0 aliphatic heterocycles. The summed E-state index contributed by atoms with van der Waals surface area (Å²) in [5, 5.41) is 12.9. The van der Waals surface area contributed by atoms with E-state index in [4.69, 9.17) is 0 Å². The van der Waals surface area contributed by atoms with Gasteiger partial charge < -0.3 is 5.32 Å². The molecule has 0 amide bonds. The lowest BCUT2D eigenvalue weighted by Gasteiger charge is -2.46. The van der Waals surface area contributed by atoms with Crippen LogP contribution in [0.2, 0.25) is 0 Å². The van der Waals surface area contributed by atoms with Crippen molar-refractivity contribution in [1.82, 2.24) is 0 Å². The van der Waals surface area contributed by atoms with Crippen LogP contribution >= 0.6 is 0 Å². The van der Waals surface area contributed by atoms with E-state index < -0.39 is 5.41 Å². The summed E-state index contributed by atoms with van der Waals surface area (Å²) in [6, 6.07) is 43.5. The van der Waals surface area contributed by atoms with E-state index in [0.29, 0.717) is 5.56 Å². The van der Waals surface area contributed by atoms with Crippen molar-refractivity contribution in [2.45, 2.75) is 24.7 Å². The van der Waals surface area contributed by atoms with E-state index in [-0.39, 0.29) is 5.41 Å². The van der Waals surface area contributed by atoms with E-state index in [2.05, 4.69) is 116 Å². The van der Waals surface area contributed by atoms with Gasteiger partial charge >= 0.3 is 0 Å². The Morgan fingerprint density at radius 3 is 1.78 bits per heavy atom. The first-order valence-electron chi connectivity index (χ1n) is 12.8. The van der Waals surface area contributed by atoms with Gasteiger partial charge in [-0.25, -0.2) is 0 Å². The van der Waals surface area contributed by atoms with Crippen molar-refractivity contribution in [3.63, 3.8) is 0 Å². The molecule has 0 saturated heterocycles. The van der Waals surface area contributed by atoms with Crippen LogP contribution in [0.25, 0.3) is 11.1 Å². The molecule has 0 radical (unpaired) electrons. The Morgan fingerprint density at radius 2 is 1.11 bits per heavy atom. The van der Waals surface area contributed by atoms with Gasteiger partial charge in [-0.1, -0.05) is 98.8 Å². The lowest BCUT2D eigenvalue weighted by Crippen LogP contribution is -2.40. The molecule has 0 heterocycles. The Kier molecular flexibility index (Phi) is 4.50. The summed E-state index contributed by atoms with van der Waals surface area (Å²) < 4.78 is 0. The number of benzene rings is 5. The van der Waals surface area contributed by atoms with Crippen LogP contribution < -0.4 is 5.32 Å². The van der Waals surface area contributed by atoms with E-state index in [0.717, 1.165) is 11.4 Å². The molecule has 0 atom stereocenters. The van der Waals surface area contributed by atoms with Crippen LogP contribution in [0.3, 0.4) is 0 Å². The zero-order valence-corrected chi connectivity index (χ0v) is 20.9. The van der Waals surface area contributed by atoms with Crippen molar-refractivity contribution in [3.8, 4) is 17.2 Å². The van der Waals surface area contributed by atoms with Crippen LogP contribution in [0, 0.1) is 11.3 Å². The maximum Gasteiger partial charge on any atom is 0.0992 e. The number of hydrogen-bond acceptors (Lipinski definition) is 2. The van der Waals surface area contributed by atoms with E-state index in [1.54, 1.807) is 0 Å². The number of hydrogen-bond donors (Lipinski definition) is 1. The van der Waals surface area contributed by atoms with Crippen LogP contribution in [-0.2, 0) is 10.8 Å². The second kappa shape index (κ2) is 7.69. The monoisotopic (exact) mass is 474 g/mol. The summed E-state index contributed by atoms with van der Waals surface area (Å²) in [5.74, 6) is 0. The van der Waals surface area contributed by atoms with Gasteiger partial charge in [0.15, 0.2) is 0 Å². The third kappa shape index (κ3) is 2.86. The van der Waals surface area contributed by atoms with Crippen molar-refractivity contribution in [2.75, 3.05) is 5.32 Å². The Bertz CT molecular complexity index is 1700. The number of fused-ring (bicyclic) bond motifs is 9. The molecule has 2 heteroatoms. The average molecular weight is 475 g/mol. The first-order valence-corrected chi connectivity index (χ1v) is 12.8. The molecular weight excluding hydrogens is 448 g/mol. The summed E-state index contributed by atoms with van der Waals surface area (Å²) in [7, 11) is 0. The quantitative estimate of drug-likeness (QED) is 0.274. The fourth-order valence-electron chi connectivity index (χ4n) is 6.77. The van der Waals surface area contributed by atoms with Crippen LogP contribution in [-0.4, -0.2) is 0 Å². The second-order valence-corrected chi connectivity index (χ2v) is 10.6. The summed E-state index contributed by atoms with van der Waals surface area (Å²) >= 11 is 0. The molecule has 7 rings (SSSR count). The van der Waals surface area contributed by atoms with Gasteiger partial charge in [0, 0.05) is 16.8 Å². The van der Waals surface area contributed by atoms with E-state index >= 15 is 0 Å². The van der Waals surface area contributed by atoms with Gasteiger partial charge in [0.1, 0.15) is 0 Å².